The van der Waals surface area contributed by atoms with E-state index in [4.69, 9.17) is 4.74 Å². The molecule has 2 aliphatic heterocycles. The highest BCUT2D eigenvalue weighted by Gasteiger charge is 2.41. The number of nitrogens with one attached hydrogen (secondary N) is 1. The maximum atomic E-state index is 14.5. The van der Waals surface area contributed by atoms with Crippen LogP contribution >= 0.6 is 0 Å². The topological polar surface area (TPSA) is 93.1 Å². The lowest BCUT2D eigenvalue weighted by Crippen LogP contribution is -2.56. The molecule has 12 heteroatoms. The number of halogens is 4. The number of rotatable bonds is 4. The first-order valence-electron chi connectivity index (χ1n) is 12.7. The Bertz CT molecular complexity index is 1420. The molecule has 0 aliphatic carbocycles. The number of anilines is 1. The van der Waals surface area contributed by atoms with Gasteiger partial charge in [-0.2, -0.15) is 13.2 Å². The van der Waals surface area contributed by atoms with Crippen LogP contribution < -0.4 is 10.1 Å². The Morgan fingerprint density at radius 2 is 2.00 bits per heavy atom. The third-order valence-electron chi connectivity index (χ3n) is 7.53. The summed E-state index contributed by atoms with van der Waals surface area (Å²) in [6.45, 7) is 4.37. The van der Waals surface area contributed by atoms with Gasteiger partial charge in [-0.05, 0) is 57.2 Å². The maximum Gasteiger partial charge on any atom is 0.433 e. The summed E-state index contributed by atoms with van der Waals surface area (Å²) in [5.41, 5.74) is 0.606. The van der Waals surface area contributed by atoms with Gasteiger partial charge < -0.3 is 15.0 Å². The highest BCUT2D eigenvalue weighted by atomic mass is 19.4. The minimum atomic E-state index is -4.57. The number of carbonyl (C=O) groups is 1. The first-order valence-corrected chi connectivity index (χ1v) is 12.7. The molecule has 1 N–H and O–H groups in total. The molecule has 5 rings (SSSR count). The third-order valence-corrected chi connectivity index (χ3v) is 7.53. The van der Waals surface area contributed by atoms with Crippen LogP contribution in [0.25, 0.3) is 11.4 Å². The number of fused-ring (bicyclic) bond motifs is 1. The van der Waals surface area contributed by atoms with Crippen LogP contribution in [0.5, 0.6) is 5.88 Å². The van der Waals surface area contributed by atoms with Gasteiger partial charge in [0.05, 0.1) is 30.5 Å². The van der Waals surface area contributed by atoms with Crippen molar-refractivity contribution in [3.8, 4) is 17.3 Å². The van der Waals surface area contributed by atoms with E-state index in [1.807, 2.05) is 0 Å². The van der Waals surface area contributed by atoms with Crippen molar-refractivity contribution in [1.82, 2.24) is 24.8 Å². The fourth-order valence-corrected chi connectivity index (χ4v) is 5.42. The minimum absolute atomic E-state index is 0.0266. The molecule has 5 heterocycles. The lowest BCUT2D eigenvalue weighted by Gasteiger charge is -2.47. The fraction of sp³-hybridized carbons (Fsp3) is 0.444. The number of alkyl halides is 3. The van der Waals surface area contributed by atoms with Gasteiger partial charge in [0.25, 0.3) is 0 Å². The number of carbonyl (C=O) groups excluding carboxylic acids is 1. The lowest BCUT2D eigenvalue weighted by molar-refractivity contribution is -0.141. The van der Waals surface area contributed by atoms with E-state index in [9.17, 15) is 22.4 Å². The highest BCUT2D eigenvalue weighted by molar-refractivity contribution is 5.84. The van der Waals surface area contributed by atoms with Gasteiger partial charge in [-0.1, -0.05) is 0 Å². The molecule has 1 fully saturated rings. The van der Waals surface area contributed by atoms with Crippen molar-refractivity contribution in [2.24, 2.45) is 0 Å². The molecule has 3 aromatic rings. The molecular formula is C27H28F4N6O2. The number of piperidine rings is 1. The summed E-state index contributed by atoms with van der Waals surface area (Å²) in [5.74, 6) is -0.613. The minimum Gasteiger partial charge on any atom is -0.481 e. The second-order valence-electron chi connectivity index (χ2n) is 10.1. The molecule has 206 valence electrons. The number of likely N-dealkylation sites (tertiary alicyclic amines) is 1. The second-order valence-corrected chi connectivity index (χ2v) is 10.1. The molecule has 2 atom stereocenters. The first kappa shape index (κ1) is 26.8. The van der Waals surface area contributed by atoms with Gasteiger partial charge in [-0.3, -0.25) is 4.79 Å². The number of nitrogens with zero attached hydrogens (tertiary/aromatic N) is 5. The van der Waals surface area contributed by atoms with E-state index < -0.39 is 29.1 Å². The molecule has 0 radical (unpaired) electrons. The van der Waals surface area contributed by atoms with Crippen LogP contribution in [-0.4, -0.2) is 56.5 Å². The Balaban J connectivity index is 1.36. The van der Waals surface area contributed by atoms with Gasteiger partial charge in [0, 0.05) is 36.5 Å². The van der Waals surface area contributed by atoms with Gasteiger partial charge in [0.2, 0.25) is 11.8 Å². The maximum absolute atomic E-state index is 14.5. The number of amides is 1. The molecule has 1 amide bonds. The van der Waals surface area contributed by atoms with Crippen molar-refractivity contribution < 1.29 is 27.1 Å². The van der Waals surface area contributed by atoms with Crippen molar-refractivity contribution in [3.63, 3.8) is 0 Å². The SMILES string of the molecule is COc1cc([C@@H](C)C(=O)N2CCC[C@@]3(CCc4cc(-c5nccc(C(F)(F)F)n5)c(C)nc4N3)C2)c(F)cn1. The number of ether oxygens (including phenoxy) is 1. The Hall–Kier alpha value is -3.83. The molecule has 2 aliphatic rings. The van der Waals surface area contributed by atoms with Crippen LogP contribution in [0.1, 0.15) is 54.6 Å². The van der Waals surface area contributed by atoms with Crippen LogP contribution in [0, 0.1) is 12.7 Å². The third kappa shape index (κ3) is 5.24. The number of hydrogen-bond donors (Lipinski definition) is 1. The van der Waals surface area contributed by atoms with Crippen LogP contribution in [0.2, 0.25) is 0 Å². The van der Waals surface area contributed by atoms with E-state index in [2.05, 4.69) is 25.3 Å². The van der Waals surface area contributed by atoms with Crippen LogP contribution in [0.15, 0.2) is 30.6 Å². The zero-order valence-corrected chi connectivity index (χ0v) is 21.8. The van der Waals surface area contributed by atoms with Gasteiger partial charge in [-0.15, -0.1) is 0 Å². The predicted octanol–water partition coefficient (Wildman–Crippen LogP) is 4.93. The lowest BCUT2D eigenvalue weighted by atomic mass is 9.80. The highest BCUT2D eigenvalue weighted by Crippen LogP contribution is 2.39. The molecule has 0 bridgehead atoms. The summed E-state index contributed by atoms with van der Waals surface area (Å²) in [6, 6.07) is 4.08. The van der Waals surface area contributed by atoms with E-state index in [0.29, 0.717) is 43.0 Å². The van der Waals surface area contributed by atoms with Crippen molar-refractivity contribution in [3.05, 3.63) is 58.9 Å². The average molecular weight is 545 g/mol. The van der Waals surface area contributed by atoms with E-state index in [0.717, 1.165) is 36.9 Å². The largest absolute Gasteiger partial charge is 0.481 e. The standard InChI is InChI=1S/C27H28F4N6O2/c1-15(18-12-22(39-3)33-13-20(18)28)25(38)37-10-4-7-26(14-37)8-5-17-11-19(16(2)34-23(17)36-26)24-32-9-6-21(35-24)27(29,30)31/h6,9,11-13,15H,4-5,7-8,10,14H2,1-3H3,(H,34,36)/t15-,26-/m1/s1. The van der Waals surface area contributed by atoms with Crippen molar-refractivity contribution in [1.29, 1.82) is 0 Å². The van der Waals surface area contributed by atoms with E-state index in [1.54, 1.807) is 24.8 Å². The van der Waals surface area contributed by atoms with Crippen LogP contribution in [0.4, 0.5) is 23.4 Å². The van der Waals surface area contributed by atoms with Crippen molar-refractivity contribution in [2.45, 2.75) is 57.2 Å². The number of pyridine rings is 2. The molecule has 0 saturated carbocycles. The Labute approximate surface area is 222 Å². The normalized spacial score (nSPS) is 19.8. The van der Waals surface area contributed by atoms with Gasteiger partial charge >= 0.3 is 6.18 Å². The van der Waals surface area contributed by atoms with Crippen molar-refractivity contribution >= 4 is 11.7 Å². The Morgan fingerprint density at radius 1 is 1.21 bits per heavy atom. The van der Waals surface area contributed by atoms with Crippen molar-refractivity contribution in [2.75, 3.05) is 25.5 Å². The summed E-state index contributed by atoms with van der Waals surface area (Å²) in [5, 5.41) is 3.53. The molecule has 1 saturated heterocycles. The summed E-state index contributed by atoms with van der Waals surface area (Å²) in [4.78, 5) is 31.5. The first-order chi connectivity index (χ1) is 18.5. The summed E-state index contributed by atoms with van der Waals surface area (Å²) >= 11 is 0. The number of aromatic nitrogens is 4. The number of hydrogen-bond acceptors (Lipinski definition) is 7. The van der Waals surface area contributed by atoms with Crippen LogP contribution in [0.3, 0.4) is 0 Å². The van der Waals surface area contributed by atoms with E-state index >= 15 is 0 Å². The summed E-state index contributed by atoms with van der Waals surface area (Å²) in [7, 11) is 1.43. The summed E-state index contributed by atoms with van der Waals surface area (Å²) in [6.07, 6.45) is 0.484. The van der Waals surface area contributed by atoms with Gasteiger partial charge in [0.1, 0.15) is 17.3 Å². The smallest absolute Gasteiger partial charge is 0.433 e. The van der Waals surface area contributed by atoms with Gasteiger partial charge in [0.15, 0.2) is 5.82 Å². The quantitative estimate of drug-likeness (QED) is 0.466. The molecule has 39 heavy (non-hydrogen) atoms. The Morgan fingerprint density at radius 3 is 2.74 bits per heavy atom. The average Bonchev–Trinajstić information content (AvgIpc) is 2.92. The molecule has 8 nitrogen and oxygen atoms in total. The molecule has 0 aromatic carbocycles. The summed E-state index contributed by atoms with van der Waals surface area (Å²) < 4.78 is 59.1. The second kappa shape index (κ2) is 10.0. The zero-order valence-electron chi connectivity index (χ0n) is 21.8. The molecule has 0 unspecified atom stereocenters. The molecule has 3 aromatic heterocycles. The predicted molar refractivity (Wildman–Crippen MR) is 135 cm³/mol. The van der Waals surface area contributed by atoms with Gasteiger partial charge in [-0.25, -0.2) is 24.3 Å². The zero-order chi connectivity index (χ0) is 27.9. The van der Waals surface area contributed by atoms with Crippen LogP contribution in [-0.2, 0) is 17.4 Å². The monoisotopic (exact) mass is 544 g/mol. The number of methoxy groups -OCH3 is 1. The number of aryl methyl sites for hydroxylation is 2. The van der Waals surface area contributed by atoms with E-state index in [1.165, 1.54) is 13.2 Å². The fourth-order valence-electron chi connectivity index (χ4n) is 5.42. The Kier molecular flexibility index (Phi) is 6.90. The molecular weight excluding hydrogens is 516 g/mol. The molecule has 1 spiro atoms. The van der Waals surface area contributed by atoms with E-state index in [-0.39, 0.29) is 23.2 Å².